The van der Waals surface area contributed by atoms with E-state index in [-0.39, 0.29) is 0 Å². The van der Waals surface area contributed by atoms with Crippen molar-refractivity contribution in [3.05, 3.63) is 11.3 Å². The fraction of sp³-hybridized carbons (Fsp3) is 0.500. The van der Waals surface area contributed by atoms with Gasteiger partial charge in [0, 0.05) is 11.3 Å². The summed E-state index contributed by atoms with van der Waals surface area (Å²) in [5.74, 6) is -0.419. The van der Waals surface area contributed by atoms with Crippen LogP contribution in [0, 0.1) is 0 Å². The molecule has 3 nitrogen and oxygen atoms in total. The maximum Gasteiger partial charge on any atom is 0.246 e. The molecule has 4 N–H and O–H groups in total. The summed E-state index contributed by atoms with van der Waals surface area (Å²) in [6.07, 6.45) is 0.609. The second kappa shape index (κ2) is 3.12. The Morgan fingerprint density at radius 3 is 1.89 bits per heavy atom. The number of carbonyl (C=O) groups is 1. The number of hydrogen-bond donors (Lipinski definition) is 2. The summed E-state index contributed by atoms with van der Waals surface area (Å²) in [6, 6.07) is 0. The van der Waals surface area contributed by atoms with Crippen molar-refractivity contribution in [3.63, 3.8) is 0 Å². The Bertz CT molecular complexity index is 145. The Hall–Kier alpha value is -0.990. The topological polar surface area (TPSA) is 69.1 Å². The van der Waals surface area contributed by atoms with Gasteiger partial charge in [-0.2, -0.15) is 0 Å². The number of amides is 1. The van der Waals surface area contributed by atoms with Crippen LogP contribution in [-0.2, 0) is 4.79 Å². The maximum absolute atomic E-state index is 10.5. The van der Waals surface area contributed by atoms with Crippen LogP contribution in [0.3, 0.4) is 0 Å². The van der Waals surface area contributed by atoms with Gasteiger partial charge < -0.3 is 11.5 Å². The molecule has 0 atom stereocenters. The molecule has 0 fully saturated rings. The molecule has 0 aliphatic heterocycles. The van der Waals surface area contributed by atoms with Crippen molar-refractivity contribution < 1.29 is 4.79 Å². The van der Waals surface area contributed by atoms with Gasteiger partial charge in [-0.05, 0) is 13.3 Å². The van der Waals surface area contributed by atoms with E-state index in [2.05, 4.69) is 0 Å². The van der Waals surface area contributed by atoms with E-state index in [0.717, 1.165) is 0 Å². The fourth-order valence-electron chi connectivity index (χ4n) is 0.647. The molecule has 52 valence electrons. The number of carbonyl (C=O) groups excluding carboxylic acids is 1. The zero-order chi connectivity index (χ0) is 7.44. The Morgan fingerprint density at radius 2 is 1.89 bits per heavy atom. The van der Waals surface area contributed by atoms with Crippen LogP contribution in [0.5, 0.6) is 0 Å². The lowest BCUT2D eigenvalue weighted by molar-refractivity contribution is -0.114. The number of hydrogen-bond acceptors (Lipinski definition) is 2. The van der Waals surface area contributed by atoms with E-state index in [4.69, 9.17) is 11.5 Å². The first kappa shape index (κ1) is 8.01. The van der Waals surface area contributed by atoms with E-state index in [9.17, 15) is 4.79 Å². The van der Waals surface area contributed by atoms with Crippen molar-refractivity contribution in [1.29, 1.82) is 0 Å². The molecule has 1 amide bonds. The van der Waals surface area contributed by atoms with Crippen molar-refractivity contribution in [1.82, 2.24) is 0 Å². The standard InChI is InChI=1S/C6H12N2O/c1-3-5(4(2)7)6(8)9/h3,7H2,1-2H3,(H2,8,9). The zero-order valence-electron chi connectivity index (χ0n) is 5.77. The van der Waals surface area contributed by atoms with Crippen molar-refractivity contribution in [2.45, 2.75) is 20.3 Å². The van der Waals surface area contributed by atoms with E-state index in [0.29, 0.717) is 17.7 Å². The van der Waals surface area contributed by atoms with Gasteiger partial charge in [0.1, 0.15) is 0 Å². The average molecular weight is 128 g/mol. The van der Waals surface area contributed by atoms with Gasteiger partial charge in [0.05, 0.1) is 0 Å². The van der Waals surface area contributed by atoms with E-state index in [1.807, 2.05) is 6.92 Å². The molecule has 0 spiro atoms. The lowest BCUT2D eigenvalue weighted by Gasteiger charge is -1.99. The molecule has 0 aromatic carbocycles. The van der Waals surface area contributed by atoms with Gasteiger partial charge in [-0.3, -0.25) is 4.79 Å². The summed E-state index contributed by atoms with van der Waals surface area (Å²) in [4.78, 5) is 10.5. The van der Waals surface area contributed by atoms with Crippen LogP contribution >= 0.6 is 0 Å². The smallest absolute Gasteiger partial charge is 0.246 e. The monoisotopic (exact) mass is 128 g/mol. The van der Waals surface area contributed by atoms with Crippen LogP contribution in [0.4, 0.5) is 0 Å². The second-order valence-corrected chi connectivity index (χ2v) is 1.88. The lowest BCUT2D eigenvalue weighted by Crippen LogP contribution is -2.17. The van der Waals surface area contributed by atoms with Crippen LogP contribution in [0.15, 0.2) is 11.3 Å². The maximum atomic E-state index is 10.5. The van der Waals surface area contributed by atoms with E-state index >= 15 is 0 Å². The number of allylic oxidation sites excluding steroid dienone is 1. The van der Waals surface area contributed by atoms with Gasteiger partial charge in [-0.1, -0.05) is 6.92 Å². The quantitative estimate of drug-likeness (QED) is 0.518. The van der Waals surface area contributed by atoms with E-state index < -0.39 is 5.91 Å². The van der Waals surface area contributed by atoms with Crippen LogP contribution in [0.2, 0.25) is 0 Å². The summed E-state index contributed by atoms with van der Waals surface area (Å²) in [5.41, 5.74) is 11.3. The highest BCUT2D eigenvalue weighted by atomic mass is 16.1. The molecule has 0 unspecified atom stereocenters. The third-order valence-corrected chi connectivity index (χ3v) is 1.13. The first-order valence-electron chi connectivity index (χ1n) is 2.84. The Kier molecular flexibility index (Phi) is 2.78. The van der Waals surface area contributed by atoms with Gasteiger partial charge in [0.25, 0.3) is 0 Å². The molecule has 0 radical (unpaired) electrons. The minimum absolute atomic E-state index is 0.419. The Balaban J connectivity index is 4.35. The van der Waals surface area contributed by atoms with Gasteiger partial charge in [0.2, 0.25) is 5.91 Å². The molecule has 0 heterocycles. The molecule has 0 aliphatic rings. The van der Waals surface area contributed by atoms with E-state index in [1.165, 1.54) is 0 Å². The lowest BCUT2D eigenvalue weighted by atomic mass is 10.1. The molecule has 0 aromatic rings. The van der Waals surface area contributed by atoms with Gasteiger partial charge in [-0.15, -0.1) is 0 Å². The first-order chi connectivity index (χ1) is 4.09. The van der Waals surface area contributed by atoms with Crippen LogP contribution in [-0.4, -0.2) is 5.91 Å². The molecule has 0 saturated carbocycles. The minimum Gasteiger partial charge on any atom is -0.402 e. The van der Waals surface area contributed by atoms with Crippen LogP contribution in [0.25, 0.3) is 0 Å². The predicted molar refractivity (Wildman–Crippen MR) is 36.4 cm³/mol. The molecule has 0 aliphatic carbocycles. The normalized spacial score (nSPS) is 12.7. The third-order valence-electron chi connectivity index (χ3n) is 1.13. The molecule has 0 saturated heterocycles. The van der Waals surface area contributed by atoms with Gasteiger partial charge >= 0.3 is 0 Å². The SMILES string of the molecule is CCC(C(N)=O)=C(C)N. The van der Waals surface area contributed by atoms with Gasteiger partial charge in [0.15, 0.2) is 0 Å². The summed E-state index contributed by atoms with van der Waals surface area (Å²) in [7, 11) is 0. The van der Waals surface area contributed by atoms with Crippen LogP contribution < -0.4 is 11.5 Å². The summed E-state index contributed by atoms with van der Waals surface area (Å²) >= 11 is 0. The van der Waals surface area contributed by atoms with Gasteiger partial charge in [-0.25, -0.2) is 0 Å². The van der Waals surface area contributed by atoms with Crippen molar-refractivity contribution >= 4 is 5.91 Å². The highest BCUT2D eigenvalue weighted by Gasteiger charge is 2.02. The minimum atomic E-state index is -0.419. The molecular formula is C6H12N2O. The van der Waals surface area contributed by atoms with Crippen LogP contribution in [0.1, 0.15) is 20.3 Å². The highest BCUT2D eigenvalue weighted by Crippen LogP contribution is 2.01. The molecule has 0 rings (SSSR count). The van der Waals surface area contributed by atoms with E-state index in [1.54, 1.807) is 6.92 Å². The second-order valence-electron chi connectivity index (χ2n) is 1.88. The fourth-order valence-corrected chi connectivity index (χ4v) is 0.647. The summed E-state index contributed by atoms with van der Waals surface area (Å²) in [6.45, 7) is 3.51. The van der Waals surface area contributed by atoms with Crippen molar-refractivity contribution in [2.75, 3.05) is 0 Å². The third kappa shape index (κ3) is 2.17. The van der Waals surface area contributed by atoms with Crippen molar-refractivity contribution in [3.8, 4) is 0 Å². The predicted octanol–water partition coefficient (Wildman–Crippen LogP) is 0.114. The zero-order valence-corrected chi connectivity index (χ0v) is 5.77. The highest BCUT2D eigenvalue weighted by molar-refractivity contribution is 5.92. The molecule has 0 aromatic heterocycles. The molecule has 9 heavy (non-hydrogen) atoms. The average Bonchev–Trinajstić information content (AvgIpc) is 1.64. The number of primary amides is 1. The summed E-state index contributed by atoms with van der Waals surface area (Å²) in [5, 5.41) is 0. The molecule has 3 heteroatoms. The number of rotatable bonds is 2. The first-order valence-corrected chi connectivity index (χ1v) is 2.84. The molecular weight excluding hydrogens is 116 g/mol. The largest absolute Gasteiger partial charge is 0.402 e. The molecule has 0 bridgehead atoms. The summed E-state index contributed by atoms with van der Waals surface area (Å²) < 4.78 is 0. The van der Waals surface area contributed by atoms with Crippen molar-refractivity contribution in [2.24, 2.45) is 11.5 Å². The Labute approximate surface area is 54.7 Å². The number of nitrogens with two attached hydrogens (primary N) is 2. The Morgan fingerprint density at radius 1 is 1.44 bits per heavy atom.